The summed E-state index contributed by atoms with van der Waals surface area (Å²) < 4.78 is 0. The number of rotatable bonds is 2. The van der Waals surface area contributed by atoms with Gasteiger partial charge in [0.05, 0.1) is 18.0 Å². The van der Waals surface area contributed by atoms with Crippen molar-refractivity contribution in [1.29, 1.82) is 0 Å². The Hall–Kier alpha value is -1.56. The molecule has 1 saturated heterocycles. The number of likely N-dealkylation sites (tertiary alicyclic amines) is 1. The van der Waals surface area contributed by atoms with E-state index in [0.29, 0.717) is 24.6 Å². The number of H-pyrrole nitrogens is 1. The van der Waals surface area contributed by atoms with E-state index < -0.39 is 6.10 Å². The number of hydrogen-bond acceptors (Lipinski definition) is 3. The Labute approximate surface area is 118 Å². The molecule has 2 atom stereocenters. The van der Waals surface area contributed by atoms with Crippen LogP contribution in [0.4, 0.5) is 10.5 Å². The van der Waals surface area contributed by atoms with Crippen LogP contribution in [0.25, 0.3) is 0 Å². The largest absolute Gasteiger partial charge is 0.391 e. The molecular weight excluding hydrogens is 256 g/mol. The van der Waals surface area contributed by atoms with Gasteiger partial charge in [0, 0.05) is 18.8 Å². The lowest BCUT2D eigenvalue weighted by Gasteiger charge is -2.33. The Balaban J connectivity index is 1.67. The molecule has 2 aliphatic rings. The van der Waals surface area contributed by atoms with Crippen LogP contribution < -0.4 is 5.32 Å². The molecule has 0 spiro atoms. The normalized spacial score (nSPS) is 27.8. The predicted molar refractivity (Wildman–Crippen MR) is 75.3 cm³/mol. The van der Waals surface area contributed by atoms with Gasteiger partial charge >= 0.3 is 6.03 Å². The molecule has 1 saturated carbocycles. The van der Waals surface area contributed by atoms with Gasteiger partial charge in [0.2, 0.25) is 0 Å². The van der Waals surface area contributed by atoms with Crippen LogP contribution >= 0.6 is 0 Å². The molecule has 1 aromatic rings. The molecule has 1 aromatic heterocycles. The third-order valence-electron chi connectivity index (χ3n) is 4.53. The molecule has 6 heteroatoms. The highest BCUT2D eigenvalue weighted by Gasteiger charge is 2.39. The quantitative estimate of drug-likeness (QED) is 0.773. The number of β-amino-alcohol motifs (C(OH)–C–C–N with tert-alkyl or cyclic N) is 1. The number of anilines is 1. The van der Waals surface area contributed by atoms with E-state index >= 15 is 0 Å². The minimum absolute atomic E-state index is 0.126. The molecular formula is C14H22N4O2. The van der Waals surface area contributed by atoms with Gasteiger partial charge < -0.3 is 15.3 Å². The van der Waals surface area contributed by atoms with Gasteiger partial charge in [-0.1, -0.05) is 19.3 Å². The lowest BCUT2D eigenvalue weighted by Crippen LogP contribution is -2.43. The summed E-state index contributed by atoms with van der Waals surface area (Å²) in [6.45, 7) is 0.435. The molecule has 0 radical (unpaired) electrons. The molecule has 6 nitrogen and oxygen atoms in total. The van der Waals surface area contributed by atoms with Crippen molar-refractivity contribution in [2.75, 3.05) is 11.9 Å². The number of aromatic nitrogens is 2. The highest BCUT2D eigenvalue weighted by molar-refractivity contribution is 5.89. The number of nitrogens with zero attached hydrogens (tertiary/aromatic N) is 2. The molecule has 2 amide bonds. The zero-order valence-corrected chi connectivity index (χ0v) is 11.6. The summed E-state index contributed by atoms with van der Waals surface area (Å²) in [6.07, 6.45) is 9.69. The molecule has 3 N–H and O–H groups in total. The van der Waals surface area contributed by atoms with E-state index in [1.807, 2.05) is 4.90 Å². The van der Waals surface area contributed by atoms with Crippen LogP contribution in [0, 0.1) is 5.92 Å². The smallest absolute Gasteiger partial charge is 0.322 e. The van der Waals surface area contributed by atoms with E-state index in [9.17, 15) is 9.90 Å². The van der Waals surface area contributed by atoms with Gasteiger partial charge in [-0.3, -0.25) is 5.10 Å². The van der Waals surface area contributed by atoms with E-state index in [0.717, 1.165) is 0 Å². The van der Waals surface area contributed by atoms with Gasteiger partial charge in [0.1, 0.15) is 0 Å². The van der Waals surface area contributed by atoms with Gasteiger partial charge in [-0.2, -0.15) is 5.10 Å². The van der Waals surface area contributed by atoms with Crippen molar-refractivity contribution in [2.24, 2.45) is 5.92 Å². The van der Waals surface area contributed by atoms with E-state index in [1.165, 1.54) is 32.1 Å². The maximum absolute atomic E-state index is 12.4. The Morgan fingerprint density at radius 2 is 2.20 bits per heavy atom. The highest BCUT2D eigenvalue weighted by atomic mass is 16.3. The topological polar surface area (TPSA) is 81.2 Å². The van der Waals surface area contributed by atoms with E-state index in [2.05, 4.69) is 15.5 Å². The first-order valence-corrected chi connectivity index (χ1v) is 7.48. The first-order valence-electron chi connectivity index (χ1n) is 7.48. The van der Waals surface area contributed by atoms with Crippen molar-refractivity contribution in [3.63, 3.8) is 0 Å². The van der Waals surface area contributed by atoms with Crippen LogP contribution in [0.2, 0.25) is 0 Å². The Morgan fingerprint density at radius 3 is 2.90 bits per heavy atom. The number of aliphatic hydroxyl groups excluding tert-OH is 1. The number of aromatic amines is 1. The molecule has 1 aliphatic carbocycles. The summed E-state index contributed by atoms with van der Waals surface area (Å²) in [5.74, 6) is 0.538. The van der Waals surface area contributed by atoms with Crippen LogP contribution in [-0.2, 0) is 0 Å². The SMILES string of the molecule is O=C(Nc1cn[nH]c1)N1C[C@@H](O)C[C@H]1C1CCCCC1. The third-order valence-corrected chi connectivity index (χ3v) is 4.53. The summed E-state index contributed by atoms with van der Waals surface area (Å²) in [4.78, 5) is 14.2. The maximum Gasteiger partial charge on any atom is 0.322 e. The fourth-order valence-corrected chi connectivity index (χ4v) is 3.56. The molecule has 3 rings (SSSR count). The zero-order chi connectivity index (χ0) is 13.9. The molecule has 1 aliphatic heterocycles. The van der Waals surface area contributed by atoms with Gasteiger partial charge in [0.25, 0.3) is 0 Å². The molecule has 110 valence electrons. The average molecular weight is 278 g/mol. The first-order chi connectivity index (χ1) is 9.74. The van der Waals surface area contributed by atoms with Gasteiger partial charge in [0.15, 0.2) is 0 Å². The number of nitrogens with one attached hydrogen (secondary N) is 2. The highest BCUT2D eigenvalue weighted by Crippen LogP contribution is 2.34. The van der Waals surface area contributed by atoms with Crippen LogP contribution in [-0.4, -0.2) is 44.9 Å². The fraction of sp³-hybridized carbons (Fsp3) is 0.714. The summed E-state index contributed by atoms with van der Waals surface area (Å²) in [5, 5.41) is 19.3. The van der Waals surface area contributed by atoms with Gasteiger partial charge in [-0.15, -0.1) is 0 Å². The molecule has 0 unspecified atom stereocenters. The Kier molecular flexibility index (Phi) is 3.91. The monoisotopic (exact) mass is 278 g/mol. The van der Waals surface area contributed by atoms with E-state index in [4.69, 9.17) is 0 Å². The Morgan fingerprint density at radius 1 is 1.40 bits per heavy atom. The molecule has 0 aromatic carbocycles. The lowest BCUT2D eigenvalue weighted by atomic mass is 9.83. The van der Waals surface area contributed by atoms with E-state index in [-0.39, 0.29) is 12.1 Å². The van der Waals surface area contributed by atoms with Crippen molar-refractivity contribution in [3.8, 4) is 0 Å². The van der Waals surface area contributed by atoms with Crippen LogP contribution in [0.15, 0.2) is 12.4 Å². The minimum Gasteiger partial charge on any atom is -0.391 e. The Bertz CT molecular complexity index is 442. The first kappa shape index (κ1) is 13.4. The number of carbonyl (C=O) groups is 1. The lowest BCUT2D eigenvalue weighted by molar-refractivity contribution is 0.164. The standard InChI is InChI=1S/C14H22N4O2/c19-12-6-13(10-4-2-1-3-5-10)18(9-12)14(20)17-11-7-15-16-8-11/h7-8,10,12-13,19H,1-6,9H2,(H,15,16)(H,17,20)/t12-,13-/m0/s1. The number of aliphatic hydroxyl groups is 1. The fourth-order valence-electron chi connectivity index (χ4n) is 3.56. The average Bonchev–Trinajstić information content (AvgIpc) is 3.09. The van der Waals surface area contributed by atoms with Crippen molar-refractivity contribution in [2.45, 2.75) is 50.7 Å². The zero-order valence-electron chi connectivity index (χ0n) is 11.6. The number of carbonyl (C=O) groups excluding carboxylic acids is 1. The van der Waals surface area contributed by atoms with Crippen LogP contribution in [0.1, 0.15) is 38.5 Å². The molecule has 20 heavy (non-hydrogen) atoms. The van der Waals surface area contributed by atoms with Crippen molar-refractivity contribution in [3.05, 3.63) is 12.4 Å². The maximum atomic E-state index is 12.4. The van der Waals surface area contributed by atoms with Crippen molar-refractivity contribution in [1.82, 2.24) is 15.1 Å². The summed E-state index contributed by atoms with van der Waals surface area (Å²) in [6, 6.07) is 0.0516. The second-order valence-corrected chi connectivity index (χ2v) is 5.92. The summed E-state index contributed by atoms with van der Waals surface area (Å²) >= 11 is 0. The summed E-state index contributed by atoms with van der Waals surface area (Å²) in [7, 11) is 0. The number of amides is 2. The summed E-state index contributed by atoms with van der Waals surface area (Å²) in [5.41, 5.74) is 0.666. The van der Waals surface area contributed by atoms with E-state index in [1.54, 1.807) is 12.4 Å². The predicted octanol–water partition coefficient (Wildman–Crippen LogP) is 1.96. The van der Waals surface area contributed by atoms with Crippen LogP contribution in [0.5, 0.6) is 0 Å². The molecule has 2 fully saturated rings. The second-order valence-electron chi connectivity index (χ2n) is 5.92. The molecule has 0 bridgehead atoms. The van der Waals surface area contributed by atoms with Crippen molar-refractivity contribution < 1.29 is 9.90 Å². The third kappa shape index (κ3) is 2.80. The number of urea groups is 1. The van der Waals surface area contributed by atoms with Gasteiger partial charge in [-0.25, -0.2) is 4.79 Å². The second kappa shape index (κ2) is 5.83. The van der Waals surface area contributed by atoms with Crippen LogP contribution in [0.3, 0.4) is 0 Å². The minimum atomic E-state index is -0.392. The number of hydrogen-bond donors (Lipinski definition) is 3. The molecule has 2 heterocycles. The van der Waals surface area contributed by atoms with Gasteiger partial charge in [-0.05, 0) is 25.2 Å². The van der Waals surface area contributed by atoms with Crippen molar-refractivity contribution >= 4 is 11.7 Å².